The second-order valence-corrected chi connectivity index (χ2v) is 7.75. The van der Waals surface area contributed by atoms with Crippen molar-refractivity contribution in [3.05, 3.63) is 71.5 Å². The van der Waals surface area contributed by atoms with Crippen LogP contribution in [0.5, 0.6) is 0 Å². The van der Waals surface area contributed by atoms with Gasteiger partial charge in [0.05, 0.1) is 10.6 Å². The molecule has 3 rings (SSSR count). The minimum absolute atomic E-state index is 0.190. The minimum atomic E-state index is -3.66. The first kappa shape index (κ1) is 18.0. The number of nitrogens with zero attached hydrogens (tertiary/aromatic N) is 2. The van der Waals surface area contributed by atoms with Crippen molar-refractivity contribution in [2.45, 2.75) is 25.3 Å². The van der Waals surface area contributed by atoms with E-state index in [2.05, 4.69) is 14.7 Å². The van der Waals surface area contributed by atoms with Gasteiger partial charge in [0.1, 0.15) is 0 Å². The van der Waals surface area contributed by atoms with Crippen molar-refractivity contribution < 1.29 is 8.42 Å². The standard InChI is InChI=1S/C19H20N4O2S/c1-13-8-9-16(17-12-21-19(20)23-14(17)2)10-18(13)26(24,25)22-11-15-6-4-3-5-7-15/h3-10,12,22H,11H2,1-2H3,(H2,20,21,23). The molecule has 7 heteroatoms. The summed E-state index contributed by atoms with van der Waals surface area (Å²) in [6.07, 6.45) is 1.61. The molecule has 0 aliphatic heterocycles. The van der Waals surface area contributed by atoms with Gasteiger partial charge in [0.25, 0.3) is 0 Å². The molecule has 1 aromatic heterocycles. The van der Waals surface area contributed by atoms with Crippen LogP contribution in [0.4, 0.5) is 5.95 Å². The summed E-state index contributed by atoms with van der Waals surface area (Å²) in [6, 6.07) is 14.7. The summed E-state index contributed by atoms with van der Waals surface area (Å²) in [4.78, 5) is 8.39. The Kier molecular flexibility index (Phi) is 5.01. The maximum absolute atomic E-state index is 12.8. The van der Waals surface area contributed by atoms with Crippen molar-refractivity contribution in [1.29, 1.82) is 0 Å². The first-order chi connectivity index (χ1) is 12.4. The third-order valence-corrected chi connectivity index (χ3v) is 5.64. The van der Waals surface area contributed by atoms with E-state index in [1.54, 1.807) is 25.3 Å². The normalized spacial score (nSPS) is 11.5. The Hall–Kier alpha value is -2.77. The summed E-state index contributed by atoms with van der Waals surface area (Å²) in [5.41, 5.74) is 9.34. The molecule has 1 heterocycles. The summed E-state index contributed by atoms with van der Waals surface area (Å²) in [7, 11) is -3.66. The highest BCUT2D eigenvalue weighted by atomic mass is 32.2. The fourth-order valence-corrected chi connectivity index (χ4v) is 3.96. The van der Waals surface area contributed by atoms with Crippen LogP contribution < -0.4 is 10.5 Å². The molecule has 0 saturated carbocycles. The van der Waals surface area contributed by atoms with Crippen LogP contribution in [0.3, 0.4) is 0 Å². The summed E-state index contributed by atoms with van der Waals surface area (Å²) in [5, 5.41) is 0. The highest BCUT2D eigenvalue weighted by Crippen LogP contribution is 2.26. The maximum Gasteiger partial charge on any atom is 0.241 e. The monoisotopic (exact) mass is 368 g/mol. The van der Waals surface area contributed by atoms with Gasteiger partial charge < -0.3 is 5.73 Å². The highest BCUT2D eigenvalue weighted by Gasteiger charge is 2.18. The number of benzene rings is 2. The van der Waals surface area contributed by atoms with Crippen LogP contribution in [0.2, 0.25) is 0 Å². The van der Waals surface area contributed by atoms with Crippen molar-refractivity contribution in [3.63, 3.8) is 0 Å². The SMILES string of the molecule is Cc1ccc(-c2cnc(N)nc2C)cc1S(=O)(=O)NCc1ccccc1. The number of aromatic nitrogens is 2. The molecular formula is C19H20N4O2S. The topological polar surface area (TPSA) is 98.0 Å². The Balaban J connectivity index is 1.94. The summed E-state index contributed by atoms with van der Waals surface area (Å²) in [5.74, 6) is 0.190. The van der Waals surface area contributed by atoms with Crippen LogP contribution >= 0.6 is 0 Å². The molecule has 0 amide bonds. The number of anilines is 1. The van der Waals surface area contributed by atoms with E-state index >= 15 is 0 Å². The summed E-state index contributed by atoms with van der Waals surface area (Å²) < 4.78 is 28.2. The van der Waals surface area contributed by atoms with Gasteiger partial charge in [-0.3, -0.25) is 0 Å². The Bertz CT molecular complexity index is 1030. The van der Waals surface area contributed by atoms with Gasteiger partial charge in [-0.25, -0.2) is 23.1 Å². The van der Waals surface area contributed by atoms with E-state index in [4.69, 9.17) is 5.73 Å². The quantitative estimate of drug-likeness (QED) is 0.722. The fraction of sp³-hybridized carbons (Fsp3) is 0.158. The number of nitrogens with one attached hydrogen (secondary N) is 1. The van der Waals surface area contributed by atoms with Gasteiger partial charge in [-0.05, 0) is 36.6 Å². The molecule has 134 valence electrons. The molecule has 3 N–H and O–H groups in total. The van der Waals surface area contributed by atoms with Gasteiger partial charge in [0.2, 0.25) is 16.0 Å². The molecule has 0 unspecified atom stereocenters. The number of rotatable bonds is 5. The number of nitrogens with two attached hydrogens (primary N) is 1. The Morgan fingerprint density at radius 2 is 1.81 bits per heavy atom. The molecule has 0 aliphatic carbocycles. The molecule has 0 spiro atoms. The van der Waals surface area contributed by atoms with Crippen molar-refractivity contribution in [2.75, 3.05) is 5.73 Å². The zero-order chi connectivity index (χ0) is 18.7. The van der Waals surface area contributed by atoms with Crippen LogP contribution in [0.25, 0.3) is 11.1 Å². The zero-order valence-corrected chi connectivity index (χ0v) is 15.4. The van der Waals surface area contributed by atoms with Gasteiger partial charge in [-0.15, -0.1) is 0 Å². The molecule has 3 aromatic rings. The van der Waals surface area contributed by atoms with E-state index in [-0.39, 0.29) is 17.4 Å². The van der Waals surface area contributed by atoms with Crippen LogP contribution in [-0.4, -0.2) is 18.4 Å². The third kappa shape index (κ3) is 3.89. The van der Waals surface area contributed by atoms with Gasteiger partial charge in [0, 0.05) is 18.3 Å². The smallest absolute Gasteiger partial charge is 0.241 e. The molecule has 2 aromatic carbocycles. The molecule has 0 bridgehead atoms. The van der Waals surface area contributed by atoms with E-state index in [0.29, 0.717) is 11.3 Å². The molecule has 0 radical (unpaired) electrons. The van der Waals surface area contributed by atoms with Crippen LogP contribution in [0.1, 0.15) is 16.8 Å². The number of hydrogen-bond acceptors (Lipinski definition) is 5. The largest absolute Gasteiger partial charge is 0.368 e. The number of nitrogen functional groups attached to an aromatic ring is 1. The lowest BCUT2D eigenvalue weighted by atomic mass is 10.0. The molecule has 26 heavy (non-hydrogen) atoms. The average molecular weight is 368 g/mol. The lowest BCUT2D eigenvalue weighted by Gasteiger charge is -2.12. The van der Waals surface area contributed by atoms with E-state index < -0.39 is 10.0 Å². The van der Waals surface area contributed by atoms with E-state index in [1.165, 1.54) is 0 Å². The Labute approximate surface area is 153 Å². The molecule has 0 fully saturated rings. The van der Waals surface area contributed by atoms with Crippen molar-refractivity contribution in [2.24, 2.45) is 0 Å². The zero-order valence-electron chi connectivity index (χ0n) is 14.6. The molecule has 6 nitrogen and oxygen atoms in total. The minimum Gasteiger partial charge on any atom is -0.368 e. The Morgan fingerprint density at radius 3 is 2.50 bits per heavy atom. The van der Waals surface area contributed by atoms with Crippen LogP contribution in [0.15, 0.2) is 59.6 Å². The predicted octanol–water partition coefficient (Wildman–Crippen LogP) is 2.82. The van der Waals surface area contributed by atoms with Crippen LogP contribution in [0, 0.1) is 13.8 Å². The van der Waals surface area contributed by atoms with Crippen molar-refractivity contribution in [3.8, 4) is 11.1 Å². The summed E-state index contributed by atoms with van der Waals surface area (Å²) in [6.45, 7) is 3.82. The summed E-state index contributed by atoms with van der Waals surface area (Å²) >= 11 is 0. The van der Waals surface area contributed by atoms with Gasteiger partial charge in [0.15, 0.2) is 0 Å². The van der Waals surface area contributed by atoms with E-state index in [1.807, 2.05) is 43.3 Å². The highest BCUT2D eigenvalue weighted by molar-refractivity contribution is 7.89. The number of hydrogen-bond donors (Lipinski definition) is 2. The third-order valence-electron chi connectivity index (χ3n) is 4.10. The number of sulfonamides is 1. The lowest BCUT2D eigenvalue weighted by molar-refractivity contribution is 0.580. The van der Waals surface area contributed by atoms with E-state index in [0.717, 1.165) is 16.7 Å². The first-order valence-electron chi connectivity index (χ1n) is 8.10. The fourth-order valence-electron chi connectivity index (χ4n) is 2.68. The number of aryl methyl sites for hydroxylation is 2. The second kappa shape index (κ2) is 7.23. The molecule has 0 aliphatic rings. The predicted molar refractivity (Wildman–Crippen MR) is 102 cm³/mol. The maximum atomic E-state index is 12.8. The van der Waals surface area contributed by atoms with Crippen molar-refractivity contribution >= 4 is 16.0 Å². The molecular weight excluding hydrogens is 348 g/mol. The van der Waals surface area contributed by atoms with Crippen molar-refractivity contribution in [1.82, 2.24) is 14.7 Å². The van der Waals surface area contributed by atoms with Gasteiger partial charge >= 0.3 is 0 Å². The Morgan fingerprint density at radius 1 is 1.08 bits per heavy atom. The second-order valence-electron chi connectivity index (χ2n) is 6.02. The molecule has 0 atom stereocenters. The first-order valence-corrected chi connectivity index (χ1v) is 9.59. The van der Waals surface area contributed by atoms with E-state index in [9.17, 15) is 8.42 Å². The lowest BCUT2D eigenvalue weighted by Crippen LogP contribution is -2.24. The average Bonchev–Trinajstić information content (AvgIpc) is 2.62. The van der Waals surface area contributed by atoms with Gasteiger partial charge in [-0.1, -0.05) is 42.5 Å². The van der Waals surface area contributed by atoms with Crippen LogP contribution in [-0.2, 0) is 16.6 Å². The van der Waals surface area contributed by atoms with Gasteiger partial charge in [-0.2, -0.15) is 0 Å². The molecule has 0 saturated heterocycles.